The Morgan fingerprint density at radius 2 is 2.29 bits per heavy atom. The number of hydrogen-bond donors (Lipinski definition) is 0. The molecule has 0 aliphatic heterocycles. The summed E-state index contributed by atoms with van der Waals surface area (Å²) >= 11 is 7.40. The predicted octanol–water partition coefficient (Wildman–Crippen LogP) is 3.94. The van der Waals surface area contributed by atoms with Gasteiger partial charge in [0.2, 0.25) is 0 Å². The van der Waals surface area contributed by atoms with Gasteiger partial charge in [-0.25, -0.2) is 4.98 Å². The van der Waals surface area contributed by atoms with Crippen molar-refractivity contribution < 1.29 is 4.42 Å². The van der Waals surface area contributed by atoms with E-state index in [1.54, 1.807) is 35.1 Å². The number of thioether (sulfide) groups is 1. The fourth-order valence-electron chi connectivity index (χ4n) is 2.22. The second-order valence-corrected chi connectivity index (χ2v) is 6.79. The van der Waals surface area contributed by atoms with Gasteiger partial charge in [-0.1, -0.05) is 23.4 Å². The summed E-state index contributed by atoms with van der Waals surface area (Å²) < 4.78 is 6.93. The number of nitrogens with zero attached hydrogens (tertiary/aromatic N) is 3. The van der Waals surface area contributed by atoms with Gasteiger partial charge in [-0.15, -0.1) is 0 Å². The average Bonchev–Trinajstić information content (AvgIpc) is 3.08. The van der Waals surface area contributed by atoms with E-state index in [1.165, 1.54) is 11.8 Å². The number of benzene rings is 1. The zero-order valence-corrected chi connectivity index (χ0v) is 14.5. The lowest BCUT2D eigenvalue weighted by Gasteiger charge is -2.12. The third kappa shape index (κ3) is 3.48. The van der Waals surface area contributed by atoms with E-state index in [0.717, 1.165) is 0 Å². The highest BCUT2D eigenvalue weighted by molar-refractivity contribution is 7.99. The Morgan fingerprint density at radius 1 is 1.46 bits per heavy atom. The van der Waals surface area contributed by atoms with Crippen LogP contribution in [0.3, 0.4) is 0 Å². The van der Waals surface area contributed by atoms with E-state index in [4.69, 9.17) is 21.3 Å². The first kappa shape index (κ1) is 16.6. The van der Waals surface area contributed by atoms with Gasteiger partial charge in [-0.05, 0) is 37.3 Å². The molecular formula is C17H14ClN3O2S. The van der Waals surface area contributed by atoms with Crippen LogP contribution in [0.1, 0.15) is 12.7 Å². The van der Waals surface area contributed by atoms with E-state index in [0.29, 0.717) is 39.1 Å². The molecule has 1 aromatic carbocycles. The summed E-state index contributed by atoms with van der Waals surface area (Å²) in [5, 5.41) is 10.5. The first-order valence-electron chi connectivity index (χ1n) is 7.33. The zero-order chi connectivity index (χ0) is 17.1. The van der Waals surface area contributed by atoms with Crippen LogP contribution in [-0.2, 0) is 6.54 Å². The van der Waals surface area contributed by atoms with Crippen molar-refractivity contribution in [1.29, 1.82) is 5.26 Å². The summed E-state index contributed by atoms with van der Waals surface area (Å²) in [5.41, 5.74) is 0.399. The molecule has 2 aromatic heterocycles. The number of nitriles is 1. The third-order valence-corrected chi connectivity index (χ3v) is 4.93. The molecule has 0 fully saturated rings. The molecule has 2 heterocycles. The lowest BCUT2D eigenvalue weighted by Crippen LogP contribution is -2.24. The summed E-state index contributed by atoms with van der Waals surface area (Å²) in [5.74, 6) is 1.08. The molecule has 0 radical (unpaired) electrons. The quantitative estimate of drug-likeness (QED) is 0.509. The smallest absolute Gasteiger partial charge is 0.262 e. The second kappa shape index (κ2) is 7.12. The lowest BCUT2D eigenvalue weighted by atomic mass is 10.2. The second-order valence-electron chi connectivity index (χ2n) is 5.37. The van der Waals surface area contributed by atoms with Crippen molar-refractivity contribution in [3.05, 3.63) is 57.7 Å². The molecule has 0 amide bonds. The van der Waals surface area contributed by atoms with Crippen LogP contribution in [0.15, 0.2) is 51.0 Å². The molecule has 24 heavy (non-hydrogen) atoms. The minimum atomic E-state index is -0.153. The van der Waals surface area contributed by atoms with Crippen molar-refractivity contribution in [3.8, 4) is 6.07 Å². The van der Waals surface area contributed by atoms with Crippen molar-refractivity contribution in [2.24, 2.45) is 5.92 Å². The van der Waals surface area contributed by atoms with E-state index < -0.39 is 0 Å². The molecule has 0 saturated carbocycles. The number of aromatic nitrogens is 2. The van der Waals surface area contributed by atoms with Gasteiger partial charge in [0.1, 0.15) is 5.76 Å². The largest absolute Gasteiger partial charge is 0.467 e. The topological polar surface area (TPSA) is 71.8 Å². The Labute approximate surface area is 147 Å². The van der Waals surface area contributed by atoms with E-state index in [1.807, 2.05) is 13.0 Å². The highest BCUT2D eigenvalue weighted by atomic mass is 35.5. The lowest BCUT2D eigenvalue weighted by molar-refractivity contribution is 0.476. The fraction of sp³-hybridized carbons (Fsp3) is 0.235. The van der Waals surface area contributed by atoms with Crippen LogP contribution in [0, 0.1) is 17.2 Å². The molecule has 5 nitrogen and oxygen atoms in total. The van der Waals surface area contributed by atoms with Gasteiger partial charge in [0.15, 0.2) is 5.16 Å². The Balaban J connectivity index is 2.10. The molecule has 1 atom stereocenters. The standard InChI is InChI=1S/C17H14ClN3O2S/c1-11(8-19)10-24-17-20-15-7-12(18)4-5-14(15)16(22)21(17)9-13-3-2-6-23-13/h2-7,11H,9-10H2,1H3/t11-/m0/s1. The minimum absolute atomic E-state index is 0.140. The third-order valence-electron chi connectivity index (χ3n) is 3.46. The molecule has 0 aliphatic rings. The molecular weight excluding hydrogens is 346 g/mol. The van der Waals surface area contributed by atoms with Crippen LogP contribution in [0.2, 0.25) is 5.02 Å². The number of fused-ring (bicyclic) bond motifs is 1. The fourth-order valence-corrected chi connectivity index (χ4v) is 3.32. The van der Waals surface area contributed by atoms with Crippen LogP contribution < -0.4 is 5.56 Å². The molecule has 7 heteroatoms. The average molecular weight is 360 g/mol. The Bertz CT molecular complexity index is 960. The molecule has 3 aromatic rings. The monoisotopic (exact) mass is 359 g/mol. The first-order chi connectivity index (χ1) is 11.6. The van der Waals surface area contributed by atoms with Gasteiger partial charge in [0, 0.05) is 10.8 Å². The summed E-state index contributed by atoms with van der Waals surface area (Å²) in [4.78, 5) is 17.4. The van der Waals surface area contributed by atoms with Crippen LogP contribution >= 0.6 is 23.4 Å². The maximum atomic E-state index is 12.9. The van der Waals surface area contributed by atoms with Crippen molar-refractivity contribution in [3.63, 3.8) is 0 Å². The Kier molecular flexibility index (Phi) is 4.93. The summed E-state index contributed by atoms with van der Waals surface area (Å²) in [6.45, 7) is 2.13. The maximum absolute atomic E-state index is 12.9. The van der Waals surface area contributed by atoms with Gasteiger partial charge in [0.25, 0.3) is 5.56 Å². The van der Waals surface area contributed by atoms with Crippen LogP contribution in [-0.4, -0.2) is 15.3 Å². The highest BCUT2D eigenvalue weighted by Gasteiger charge is 2.14. The minimum Gasteiger partial charge on any atom is -0.467 e. The van der Waals surface area contributed by atoms with E-state index >= 15 is 0 Å². The van der Waals surface area contributed by atoms with E-state index in [-0.39, 0.29) is 11.5 Å². The molecule has 0 spiro atoms. The van der Waals surface area contributed by atoms with E-state index in [9.17, 15) is 4.79 Å². The van der Waals surface area contributed by atoms with Crippen molar-refractivity contribution in [1.82, 2.24) is 9.55 Å². The number of hydrogen-bond acceptors (Lipinski definition) is 5. The molecule has 0 unspecified atom stereocenters. The normalized spacial score (nSPS) is 12.2. The molecule has 0 saturated heterocycles. The Morgan fingerprint density at radius 3 is 3.00 bits per heavy atom. The van der Waals surface area contributed by atoms with Gasteiger partial charge >= 0.3 is 0 Å². The predicted molar refractivity (Wildman–Crippen MR) is 94.3 cm³/mol. The molecule has 0 N–H and O–H groups in total. The molecule has 0 bridgehead atoms. The first-order valence-corrected chi connectivity index (χ1v) is 8.69. The molecule has 122 valence electrons. The molecule has 0 aliphatic carbocycles. The highest BCUT2D eigenvalue weighted by Crippen LogP contribution is 2.22. The van der Waals surface area contributed by atoms with E-state index in [2.05, 4.69) is 11.1 Å². The summed E-state index contributed by atoms with van der Waals surface area (Å²) in [6, 6.07) is 10.8. The van der Waals surface area contributed by atoms with Crippen molar-refractivity contribution in [2.75, 3.05) is 5.75 Å². The Hall–Kier alpha value is -2.23. The van der Waals surface area contributed by atoms with Crippen molar-refractivity contribution in [2.45, 2.75) is 18.6 Å². The number of rotatable bonds is 5. The SMILES string of the molecule is C[C@@H](C#N)CSc1nc2cc(Cl)ccc2c(=O)n1Cc1ccco1. The zero-order valence-electron chi connectivity index (χ0n) is 12.9. The van der Waals surface area contributed by atoms with Crippen LogP contribution in [0.4, 0.5) is 0 Å². The summed E-state index contributed by atoms with van der Waals surface area (Å²) in [6.07, 6.45) is 1.57. The molecule has 3 rings (SSSR count). The van der Waals surface area contributed by atoms with Gasteiger partial charge in [-0.2, -0.15) is 5.26 Å². The van der Waals surface area contributed by atoms with Gasteiger partial charge in [0.05, 0.1) is 35.7 Å². The number of furan rings is 1. The van der Waals surface area contributed by atoms with Gasteiger partial charge in [-0.3, -0.25) is 9.36 Å². The van der Waals surface area contributed by atoms with Gasteiger partial charge < -0.3 is 4.42 Å². The van der Waals surface area contributed by atoms with Crippen LogP contribution in [0.25, 0.3) is 10.9 Å². The van der Waals surface area contributed by atoms with Crippen LogP contribution in [0.5, 0.6) is 0 Å². The number of halogens is 1. The van der Waals surface area contributed by atoms with Crippen molar-refractivity contribution >= 4 is 34.3 Å². The summed E-state index contributed by atoms with van der Waals surface area (Å²) in [7, 11) is 0. The maximum Gasteiger partial charge on any atom is 0.262 e.